The molecule has 1 saturated carbocycles. The van der Waals surface area contributed by atoms with Crippen LogP contribution in [0.3, 0.4) is 0 Å². The first-order valence-corrected chi connectivity index (χ1v) is 7.21. The van der Waals surface area contributed by atoms with E-state index in [9.17, 15) is 0 Å². The number of nitrogens with zero attached hydrogens (tertiary/aromatic N) is 1. The van der Waals surface area contributed by atoms with Gasteiger partial charge in [0, 0.05) is 25.2 Å². The maximum Gasteiger partial charge on any atom is 0.0593 e. The molecule has 0 amide bonds. The van der Waals surface area contributed by atoms with Crippen molar-refractivity contribution in [3.63, 3.8) is 0 Å². The minimum atomic E-state index is 0.615. The van der Waals surface area contributed by atoms with Gasteiger partial charge in [0.2, 0.25) is 0 Å². The van der Waals surface area contributed by atoms with Gasteiger partial charge in [0.05, 0.1) is 6.61 Å². The normalized spacial score (nSPS) is 16.1. The first-order valence-electron chi connectivity index (χ1n) is 7.21. The molecule has 0 aromatic carbocycles. The summed E-state index contributed by atoms with van der Waals surface area (Å²) in [6, 6.07) is 1.48. The van der Waals surface area contributed by atoms with Crippen LogP contribution in [-0.2, 0) is 4.74 Å². The van der Waals surface area contributed by atoms with Crippen LogP contribution < -0.4 is 5.32 Å². The summed E-state index contributed by atoms with van der Waals surface area (Å²) < 4.78 is 5.65. The highest BCUT2D eigenvalue weighted by Gasteiger charge is 2.25. The molecule has 3 nitrogen and oxygen atoms in total. The zero-order valence-electron chi connectivity index (χ0n) is 11.9. The van der Waals surface area contributed by atoms with Crippen molar-refractivity contribution in [2.45, 2.75) is 58.0 Å². The van der Waals surface area contributed by atoms with Gasteiger partial charge in [-0.1, -0.05) is 13.8 Å². The van der Waals surface area contributed by atoms with Gasteiger partial charge in [-0.05, 0) is 45.7 Å². The lowest BCUT2D eigenvalue weighted by molar-refractivity contribution is 0.106. The third kappa shape index (κ3) is 8.58. The number of ether oxygens (including phenoxy) is 1. The van der Waals surface area contributed by atoms with Gasteiger partial charge in [-0.25, -0.2) is 0 Å². The summed E-state index contributed by atoms with van der Waals surface area (Å²) in [6.07, 6.45) is 6.52. The summed E-state index contributed by atoms with van der Waals surface area (Å²) in [7, 11) is 2.21. The molecule has 0 heterocycles. The Morgan fingerprint density at radius 2 is 1.94 bits per heavy atom. The summed E-state index contributed by atoms with van der Waals surface area (Å²) in [5.74, 6) is 0. The molecule has 102 valence electrons. The molecule has 0 unspecified atom stereocenters. The Morgan fingerprint density at radius 1 is 1.18 bits per heavy atom. The van der Waals surface area contributed by atoms with Crippen molar-refractivity contribution in [1.29, 1.82) is 0 Å². The number of hydrogen-bond acceptors (Lipinski definition) is 3. The third-order valence-corrected chi connectivity index (χ3v) is 3.28. The van der Waals surface area contributed by atoms with E-state index in [2.05, 4.69) is 31.1 Å². The van der Waals surface area contributed by atoms with Crippen LogP contribution in [0.2, 0.25) is 0 Å². The molecule has 1 aliphatic rings. The van der Waals surface area contributed by atoms with Gasteiger partial charge >= 0.3 is 0 Å². The van der Waals surface area contributed by atoms with Crippen molar-refractivity contribution in [3.8, 4) is 0 Å². The van der Waals surface area contributed by atoms with Crippen LogP contribution in [0.5, 0.6) is 0 Å². The molecule has 0 atom stereocenters. The van der Waals surface area contributed by atoms with Gasteiger partial charge in [-0.3, -0.25) is 0 Å². The zero-order valence-corrected chi connectivity index (χ0v) is 11.9. The highest BCUT2D eigenvalue weighted by Crippen LogP contribution is 2.24. The Labute approximate surface area is 107 Å². The Kier molecular flexibility index (Phi) is 7.82. The van der Waals surface area contributed by atoms with Crippen LogP contribution in [0.25, 0.3) is 0 Å². The average Bonchev–Trinajstić information content (AvgIpc) is 3.09. The smallest absolute Gasteiger partial charge is 0.0593 e. The molecule has 0 aliphatic heterocycles. The van der Waals surface area contributed by atoms with Crippen LogP contribution in [0, 0.1) is 0 Å². The van der Waals surface area contributed by atoms with Crippen molar-refractivity contribution in [2.75, 3.05) is 33.4 Å². The van der Waals surface area contributed by atoms with E-state index in [1.165, 1.54) is 32.1 Å². The quantitative estimate of drug-likeness (QED) is 0.563. The van der Waals surface area contributed by atoms with E-state index in [1.54, 1.807) is 0 Å². The Morgan fingerprint density at radius 3 is 2.59 bits per heavy atom. The fourth-order valence-electron chi connectivity index (χ4n) is 1.91. The Balaban J connectivity index is 1.72. The average molecular weight is 242 g/mol. The topological polar surface area (TPSA) is 24.5 Å². The SMILES string of the molecule is CC(C)NCCCCCOCCN(C)C1CC1. The summed E-state index contributed by atoms with van der Waals surface area (Å²) in [4.78, 5) is 2.42. The van der Waals surface area contributed by atoms with E-state index in [0.29, 0.717) is 6.04 Å². The predicted molar refractivity (Wildman–Crippen MR) is 73.5 cm³/mol. The van der Waals surface area contributed by atoms with Crippen molar-refractivity contribution in [2.24, 2.45) is 0 Å². The maximum absolute atomic E-state index is 5.65. The van der Waals surface area contributed by atoms with Crippen LogP contribution >= 0.6 is 0 Å². The van der Waals surface area contributed by atoms with Crippen LogP contribution in [0.15, 0.2) is 0 Å². The molecule has 3 heteroatoms. The Hall–Kier alpha value is -0.120. The third-order valence-electron chi connectivity index (χ3n) is 3.28. The fraction of sp³-hybridized carbons (Fsp3) is 1.00. The number of hydrogen-bond donors (Lipinski definition) is 1. The number of unbranched alkanes of at least 4 members (excludes halogenated alkanes) is 2. The largest absolute Gasteiger partial charge is 0.380 e. The van der Waals surface area contributed by atoms with Crippen LogP contribution in [0.4, 0.5) is 0 Å². The molecular weight excluding hydrogens is 212 g/mol. The first kappa shape index (κ1) is 14.9. The van der Waals surface area contributed by atoms with E-state index in [4.69, 9.17) is 4.74 Å². The second-order valence-corrected chi connectivity index (χ2v) is 5.49. The molecule has 1 fully saturated rings. The minimum Gasteiger partial charge on any atom is -0.380 e. The second-order valence-electron chi connectivity index (χ2n) is 5.49. The molecule has 0 radical (unpaired) electrons. The predicted octanol–water partition coefficient (Wildman–Crippen LogP) is 2.27. The summed E-state index contributed by atoms with van der Waals surface area (Å²) in [5.41, 5.74) is 0. The van der Waals surface area contributed by atoms with Gasteiger partial charge < -0.3 is 15.0 Å². The molecule has 0 aromatic rings. The molecule has 0 bridgehead atoms. The fourth-order valence-corrected chi connectivity index (χ4v) is 1.91. The van der Waals surface area contributed by atoms with Crippen molar-refractivity contribution in [1.82, 2.24) is 10.2 Å². The van der Waals surface area contributed by atoms with Gasteiger partial charge in [0.15, 0.2) is 0 Å². The lowest BCUT2D eigenvalue weighted by atomic mass is 10.2. The molecule has 0 aromatic heterocycles. The van der Waals surface area contributed by atoms with E-state index in [-0.39, 0.29) is 0 Å². The van der Waals surface area contributed by atoms with Crippen molar-refractivity contribution < 1.29 is 4.74 Å². The van der Waals surface area contributed by atoms with Gasteiger partial charge in [-0.15, -0.1) is 0 Å². The number of rotatable bonds is 11. The molecule has 0 saturated heterocycles. The molecule has 0 spiro atoms. The standard InChI is InChI=1S/C14H30N2O/c1-13(2)15-9-5-4-6-11-17-12-10-16(3)14-7-8-14/h13-15H,4-12H2,1-3H3. The molecular formula is C14H30N2O. The highest BCUT2D eigenvalue weighted by molar-refractivity contribution is 4.81. The lowest BCUT2D eigenvalue weighted by Crippen LogP contribution is -2.25. The maximum atomic E-state index is 5.65. The minimum absolute atomic E-state index is 0.615. The summed E-state index contributed by atoms with van der Waals surface area (Å²) in [5, 5.41) is 3.43. The first-order chi connectivity index (χ1) is 8.20. The number of nitrogens with one attached hydrogen (secondary N) is 1. The number of likely N-dealkylation sites (N-methyl/N-ethyl adjacent to an activating group) is 1. The van der Waals surface area contributed by atoms with Crippen LogP contribution in [-0.4, -0.2) is 50.3 Å². The molecule has 1 rings (SSSR count). The second kappa shape index (κ2) is 8.90. The van der Waals surface area contributed by atoms with E-state index in [0.717, 1.165) is 32.3 Å². The van der Waals surface area contributed by atoms with Crippen molar-refractivity contribution in [3.05, 3.63) is 0 Å². The monoisotopic (exact) mass is 242 g/mol. The zero-order chi connectivity index (χ0) is 12.5. The highest BCUT2D eigenvalue weighted by atomic mass is 16.5. The van der Waals surface area contributed by atoms with Crippen LogP contribution in [0.1, 0.15) is 46.0 Å². The summed E-state index contributed by atoms with van der Waals surface area (Å²) in [6.45, 7) is 8.46. The van der Waals surface area contributed by atoms with Crippen molar-refractivity contribution >= 4 is 0 Å². The molecule has 17 heavy (non-hydrogen) atoms. The van der Waals surface area contributed by atoms with E-state index >= 15 is 0 Å². The van der Waals surface area contributed by atoms with Gasteiger partial charge in [-0.2, -0.15) is 0 Å². The molecule has 1 N–H and O–H groups in total. The van der Waals surface area contributed by atoms with E-state index < -0.39 is 0 Å². The van der Waals surface area contributed by atoms with Gasteiger partial charge in [0.1, 0.15) is 0 Å². The lowest BCUT2D eigenvalue weighted by Gasteiger charge is -2.15. The molecule has 1 aliphatic carbocycles. The Bertz CT molecular complexity index is 181. The van der Waals surface area contributed by atoms with Gasteiger partial charge in [0.25, 0.3) is 0 Å². The van der Waals surface area contributed by atoms with E-state index in [1.807, 2.05) is 0 Å². The summed E-state index contributed by atoms with van der Waals surface area (Å²) >= 11 is 0.